The van der Waals surface area contributed by atoms with Crippen molar-refractivity contribution in [3.05, 3.63) is 70.5 Å². The molecule has 0 N–H and O–H groups in total. The van der Waals surface area contributed by atoms with Gasteiger partial charge in [-0.25, -0.2) is 9.48 Å². The molecule has 1 aliphatic rings. The van der Waals surface area contributed by atoms with Crippen LogP contribution in [0.2, 0.25) is 0 Å². The minimum Gasteiger partial charge on any atom is -0.448 e. The van der Waals surface area contributed by atoms with Crippen LogP contribution in [0.3, 0.4) is 0 Å². The first-order valence-electron chi connectivity index (χ1n) is 10.6. The molecule has 0 radical (unpaired) electrons. The second-order valence-corrected chi connectivity index (χ2v) is 8.57. The molecule has 5 rings (SSSR count). The fraction of sp³-hybridized carbons (Fsp3) is 0.261. The monoisotopic (exact) mass is 463 g/mol. The number of hydrogen-bond donors (Lipinski definition) is 0. The van der Waals surface area contributed by atoms with Crippen LogP contribution in [0.15, 0.2) is 69.0 Å². The Morgan fingerprint density at radius 2 is 1.76 bits per heavy atom. The maximum absolute atomic E-state index is 13.0. The van der Waals surface area contributed by atoms with Crippen molar-refractivity contribution in [2.75, 3.05) is 25.4 Å². The number of thioether (sulfide) groups is 1. The zero-order valence-electron chi connectivity index (χ0n) is 17.7. The first kappa shape index (κ1) is 21.2. The minimum absolute atomic E-state index is 0.173. The van der Waals surface area contributed by atoms with Crippen molar-refractivity contribution in [2.24, 2.45) is 0 Å². The maximum atomic E-state index is 13.0. The second-order valence-electron chi connectivity index (χ2n) is 7.52. The van der Waals surface area contributed by atoms with Crippen molar-refractivity contribution in [1.29, 1.82) is 0 Å². The maximum Gasteiger partial charge on any atom is 0.409 e. The Kier molecular flexibility index (Phi) is 6.07. The molecule has 10 heteroatoms. The van der Waals surface area contributed by atoms with Gasteiger partial charge in [-0.2, -0.15) is 5.10 Å². The van der Waals surface area contributed by atoms with E-state index in [0.29, 0.717) is 53.7 Å². The Morgan fingerprint density at radius 3 is 2.55 bits per heavy atom. The van der Waals surface area contributed by atoms with Gasteiger partial charge in [0.05, 0.1) is 18.5 Å². The van der Waals surface area contributed by atoms with Crippen LogP contribution in [0.5, 0.6) is 0 Å². The summed E-state index contributed by atoms with van der Waals surface area (Å²) in [5, 5.41) is 14.5. The zero-order valence-corrected chi connectivity index (χ0v) is 18.5. The standard InChI is InChI=1S/C23H21N5O4S/c29-21-18-10-5-4-9-17(18)19(26-28(21)15-16-7-2-1-3-8-16)20-24-25-22(32-20)33-14-6-11-27-12-13-31-23(27)30/h1-5,7-10H,6,11-15H2. The van der Waals surface area contributed by atoms with Crippen molar-refractivity contribution in [3.63, 3.8) is 0 Å². The second kappa shape index (κ2) is 9.45. The highest BCUT2D eigenvalue weighted by Crippen LogP contribution is 2.27. The SMILES string of the molecule is O=C1OCCN1CCCSc1nnc(-c2nn(Cc3ccccc3)c(=O)c3ccccc23)o1. The van der Waals surface area contributed by atoms with Gasteiger partial charge in [0.1, 0.15) is 6.61 Å². The number of ether oxygens (including phenoxy) is 1. The Bertz CT molecular complexity index is 1340. The summed E-state index contributed by atoms with van der Waals surface area (Å²) in [6.07, 6.45) is 0.518. The zero-order chi connectivity index (χ0) is 22.6. The summed E-state index contributed by atoms with van der Waals surface area (Å²) < 4.78 is 12.2. The number of nitrogens with zero attached hydrogens (tertiary/aromatic N) is 5. The van der Waals surface area contributed by atoms with E-state index in [1.807, 2.05) is 48.5 Å². The molecule has 9 nitrogen and oxygen atoms in total. The van der Waals surface area contributed by atoms with Gasteiger partial charge in [-0.3, -0.25) is 4.79 Å². The summed E-state index contributed by atoms with van der Waals surface area (Å²) in [6, 6.07) is 17.0. The van der Waals surface area contributed by atoms with E-state index in [9.17, 15) is 9.59 Å². The van der Waals surface area contributed by atoms with Gasteiger partial charge in [0, 0.05) is 17.7 Å². The highest BCUT2D eigenvalue weighted by Gasteiger charge is 2.21. The molecule has 0 atom stereocenters. The van der Waals surface area contributed by atoms with E-state index in [0.717, 1.165) is 12.0 Å². The van der Waals surface area contributed by atoms with Crippen LogP contribution < -0.4 is 5.56 Å². The molecule has 0 bridgehead atoms. The molecule has 168 valence electrons. The number of aromatic nitrogens is 4. The number of amides is 1. The third-order valence-electron chi connectivity index (χ3n) is 5.29. The predicted octanol–water partition coefficient (Wildman–Crippen LogP) is 3.43. The normalized spacial score (nSPS) is 13.6. The molecule has 0 spiro atoms. The van der Waals surface area contributed by atoms with E-state index in [-0.39, 0.29) is 17.5 Å². The number of rotatable bonds is 8. The summed E-state index contributed by atoms with van der Waals surface area (Å²) in [7, 11) is 0. The van der Waals surface area contributed by atoms with E-state index < -0.39 is 0 Å². The van der Waals surface area contributed by atoms with Crippen LogP contribution in [-0.4, -0.2) is 56.4 Å². The van der Waals surface area contributed by atoms with Crippen molar-refractivity contribution < 1.29 is 13.9 Å². The lowest BCUT2D eigenvalue weighted by Crippen LogP contribution is -2.25. The molecule has 0 aliphatic carbocycles. The summed E-state index contributed by atoms with van der Waals surface area (Å²) in [5.41, 5.74) is 1.27. The van der Waals surface area contributed by atoms with E-state index >= 15 is 0 Å². The molecule has 1 amide bonds. The third-order valence-corrected chi connectivity index (χ3v) is 6.20. The lowest BCUT2D eigenvalue weighted by Gasteiger charge is -2.10. The van der Waals surface area contributed by atoms with E-state index in [1.165, 1.54) is 16.4 Å². The average molecular weight is 464 g/mol. The summed E-state index contributed by atoms with van der Waals surface area (Å²) in [4.78, 5) is 26.2. The number of carbonyl (C=O) groups excluding carboxylic acids is 1. The van der Waals surface area contributed by atoms with Gasteiger partial charge in [0.2, 0.25) is 0 Å². The molecule has 2 aromatic carbocycles. The van der Waals surface area contributed by atoms with Crippen LogP contribution in [-0.2, 0) is 11.3 Å². The third kappa shape index (κ3) is 4.61. The van der Waals surface area contributed by atoms with Crippen LogP contribution >= 0.6 is 11.8 Å². The molecule has 4 aromatic rings. The topological polar surface area (TPSA) is 103 Å². The number of cyclic esters (lactones) is 1. The Balaban J connectivity index is 1.37. The van der Waals surface area contributed by atoms with Crippen LogP contribution in [0.4, 0.5) is 4.79 Å². The average Bonchev–Trinajstić information content (AvgIpc) is 3.48. The summed E-state index contributed by atoms with van der Waals surface area (Å²) in [5.74, 6) is 0.978. The first-order valence-corrected chi connectivity index (χ1v) is 11.6. The van der Waals surface area contributed by atoms with Gasteiger partial charge in [0.15, 0.2) is 5.69 Å². The van der Waals surface area contributed by atoms with E-state index in [2.05, 4.69) is 15.3 Å². The number of benzene rings is 2. The van der Waals surface area contributed by atoms with Crippen molar-refractivity contribution in [2.45, 2.75) is 18.2 Å². The van der Waals surface area contributed by atoms with E-state index in [4.69, 9.17) is 9.15 Å². The van der Waals surface area contributed by atoms with Gasteiger partial charge in [-0.1, -0.05) is 60.3 Å². The highest BCUT2D eigenvalue weighted by molar-refractivity contribution is 7.99. The Morgan fingerprint density at radius 1 is 0.970 bits per heavy atom. The first-order chi connectivity index (χ1) is 16.2. The summed E-state index contributed by atoms with van der Waals surface area (Å²) in [6.45, 7) is 2.05. The van der Waals surface area contributed by atoms with E-state index in [1.54, 1.807) is 11.0 Å². The van der Waals surface area contributed by atoms with Gasteiger partial charge in [-0.15, -0.1) is 10.2 Å². The van der Waals surface area contributed by atoms with Crippen LogP contribution in [0, 0.1) is 0 Å². The molecule has 2 aromatic heterocycles. The number of carbonyl (C=O) groups is 1. The van der Waals surface area contributed by atoms with Crippen molar-refractivity contribution in [3.8, 4) is 11.6 Å². The molecule has 3 heterocycles. The molecule has 0 saturated carbocycles. The quantitative estimate of drug-likeness (QED) is 0.289. The van der Waals surface area contributed by atoms with Crippen LogP contribution in [0.25, 0.3) is 22.4 Å². The van der Waals surface area contributed by atoms with Gasteiger partial charge < -0.3 is 14.1 Å². The number of hydrogen-bond acceptors (Lipinski definition) is 8. The molecular weight excluding hydrogens is 442 g/mol. The lowest BCUT2D eigenvalue weighted by atomic mass is 10.1. The largest absolute Gasteiger partial charge is 0.448 e. The van der Waals surface area contributed by atoms with Gasteiger partial charge in [-0.05, 0) is 18.1 Å². The smallest absolute Gasteiger partial charge is 0.409 e. The highest BCUT2D eigenvalue weighted by atomic mass is 32.2. The molecular formula is C23H21N5O4S. The molecule has 1 aliphatic heterocycles. The van der Waals surface area contributed by atoms with Crippen molar-refractivity contribution >= 4 is 28.6 Å². The fourth-order valence-corrected chi connectivity index (χ4v) is 4.35. The Labute approximate surface area is 193 Å². The fourth-order valence-electron chi connectivity index (χ4n) is 3.66. The van der Waals surface area contributed by atoms with Gasteiger partial charge >= 0.3 is 6.09 Å². The van der Waals surface area contributed by atoms with Crippen LogP contribution in [0.1, 0.15) is 12.0 Å². The predicted molar refractivity (Wildman–Crippen MR) is 123 cm³/mol. The minimum atomic E-state index is -0.261. The molecule has 0 unspecified atom stereocenters. The van der Waals surface area contributed by atoms with Gasteiger partial charge in [0.25, 0.3) is 16.7 Å². The molecule has 1 saturated heterocycles. The molecule has 33 heavy (non-hydrogen) atoms. The summed E-state index contributed by atoms with van der Waals surface area (Å²) >= 11 is 1.42. The van der Waals surface area contributed by atoms with Crippen molar-refractivity contribution in [1.82, 2.24) is 24.9 Å². The molecule has 1 fully saturated rings. The Hall–Kier alpha value is -3.66. The number of fused-ring (bicyclic) bond motifs is 1. The lowest BCUT2D eigenvalue weighted by molar-refractivity contribution is 0.158.